The molecular weight excluding hydrogens is 400 g/mol. The highest BCUT2D eigenvalue weighted by atomic mass is 16.2. The number of hydrogen-bond donors (Lipinski definition) is 1. The van der Waals surface area contributed by atoms with Crippen LogP contribution in [-0.4, -0.2) is 38.2 Å². The summed E-state index contributed by atoms with van der Waals surface area (Å²) in [6, 6.07) is 19.6. The Bertz CT molecular complexity index is 1200. The maximum Gasteiger partial charge on any atom is 0.248 e. The highest BCUT2D eigenvalue weighted by molar-refractivity contribution is 5.96. The molecule has 0 bridgehead atoms. The SMILES string of the molecule is Cn1nccc1-c1ccc(N2CCC[C@H]2C(=O)Nc2ccc(-c3ccccc3)cn2)cn1. The minimum atomic E-state index is -0.241. The molecular formula is C25H24N6O. The van der Waals surface area contributed by atoms with Crippen molar-refractivity contribution in [3.63, 3.8) is 0 Å². The van der Waals surface area contributed by atoms with Crippen molar-refractivity contribution in [3.8, 4) is 22.5 Å². The van der Waals surface area contributed by atoms with Gasteiger partial charge in [-0.15, -0.1) is 0 Å². The van der Waals surface area contributed by atoms with Crippen LogP contribution in [0.15, 0.2) is 79.3 Å². The minimum absolute atomic E-state index is 0.0434. The van der Waals surface area contributed by atoms with Gasteiger partial charge in [-0.3, -0.25) is 14.5 Å². The first-order valence-corrected chi connectivity index (χ1v) is 10.7. The monoisotopic (exact) mass is 424 g/mol. The summed E-state index contributed by atoms with van der Waals surface area (Å²) in [6.07, 6.45) is 7.14. The lowest BCUT2D eigenvalue weighted by Gasteiger charge is -2.25. The molecule has 0 aliphatic carbocycles. The summed E-state index contributed by atoms with van der Waals surface area (Å²) in [5, 5.41) is 7.18. The van der Waals surface area contributed by atoms with Crippen molar-refractivity contribution in [3.05, 3.63) is 79.3 Å². The summed E-state index contributed by atoms with van der Waals surface area (Å²) in [6.45, 7) is 0.825. The topological polar surface area (TPSA) is 75.9 Å². The van der Waals surface area contributed by atoms with Gasteiger partial charge in [0, 0.05) is 31.5 Å². The van der Waals surface area contributed by atoms with Crippen LogP contribution in [0.3, 0.4) is 0 Å². The van der Waals surface area contributed by atoms with Gasteiger partial charge in [0.05, 0.1) is 23.3 Å². The summed E-state index contributed by atoms with van der Waals surface area (Å²) >= 11 is 0. The van der Waals surface area contributed by atoms with Crippen molar-refractivity contribution in [1.82, 2.24) is 19.7 Å². The number of carbonyl (C=O) groups is 1. The first kappa shape index (κ1) is 19.9. The van der Waals surface area contributed by atoms with E-state index in [1.54, 1.807) is 17.1 Å². The van der Waals surface area contributed by atoms with E-state index in [1.165, 1.54) is 0 Å². The van der Waals surface area contributed by atoms with Crippen LogP contribution < -0.4 is 10.2 Å². The largest absolute Gasteiger partial charge is 0.358 e. The average molecular weight is 425 g/mol. The molecule has 7 heteroatoms. The van der Waals surface area contributed by atoms with Gasteiger partial charge in [0.2, 0.25) is 5.91 Å². The zero-order valence-corrected chi connectivity index (χ0v) is 17.8. The van der Waals surface area contributed by atoms with Crippen LogP contribution in [0.4, 0.5) is 11.5 Å². The second-order valence-corrected chi connectivity index (χ2v) is 7.88. The predicted molar refractivity (Wildman–Crippen MR) is 125 cm³/mol. The zero-order chi connectivity index (χ0) is 21.9. The smallest absolute Gasteiger partial charge is 0.248 e. The number of aromatic nitrogens is 4. The molecule has 0 unspecified atom stereocenters. The Hall–Kier alpha value is -4.00. The van der Waals surface area contributed by atoms with Gasteiger partial charge in [-0.05, 0) is 48.7 Å². The maximum absolute atomic E-state index is 13.0. The van der Waals surface area contributed by atoms with Crippen molar-refractivity contribution in [2.45, 2.75) is 18.9 Å². The highest BCUT2D eigenvalue weighted by Gasteiger charge is 2.31. The molecule has 1 aliphatic heterocycles. The first-order chi connectivity index (χ1) is 15.7. The number of nitrogens with zero attached hydrogens (tertiary/aromatic N) is 5. The maximum atomic E-state index is 13.0. The average Bonchev–Trinajstić information content (AvgIpc) is 3.50. The minimum Gasteiger partial charge on any atom is -0.358 e. The summed E-state index contributed by atoms with van der Waals surface area (Å²) < 4.78 is 1.80. The summed E-state index contributed by atoms with van der Waals surface area (Å²) in [5.74, 6) is 0.518. The van der Waals surface area contributed by atoms with Crippen molar-refractivity contribution >= 4 is 17.4 Å². The van der Waals surface area contributed by atoms with Gasteiger partial charge in [-0.25, -0.2) is 4.98 Å². The van der Waals surface area contributed by atoms with Gasteiger partial charge in [-0.1, -0.05) is 30.3 Å². The van der Waals surface area contributed by atoms with Crippen molar-refractivity contribution in [2.75, 3.05) is 16.8 Å². The fraction of sp³-hybridized carbons (Fsp3) is 0.200. The number of anilines is 2. The molecule has 1 aromatic carbocycles. The summed E-state index contributed by atoms with van der Waals surface area (Å²) in [7, 11) is 1.90. The Kier molecular flexibility index (Phi) is 5.37. The van der Waals surface area contributed by atoms with Crippen molar-refractivity contribution in [2.24, 2.45) is 7.05 Å². The Labute approximate surface area is 186 Å². The van der Waals surface area contributed by atoms with Crippen LogP contribution in [0, 0.1) is 0 Å². The Morgan fingerprint density at radius 2 is 1.84 bits per heavy atom. The number of aryl methyl sites for hydroxylation is 1. The molecule has 4 heterocycles. The second kappa shape index (κ2) is 8.63. The number of rotatable bonds is 5. The molecule has 32 heavy (non-hydrogen) atoms. The standard InChI is InChI=1S/C25H24N6O/c1-30-22(13-14-28-30)21-11-10-20(17-26-21)31-15-5-8-23(31)25(32)29-24-12-9-19(16-27-24)18-6-3-2-4-7-18/h2-4,6-7,9-14,16-17,23H,5,8,15H2,1H3,(H,27,29,32)/t23-/m0/s1. The Balaban J connectivity index is 1.28. The molecule has 1 fully saturated rings. The molecule has 0 saturated carbocycles. The van der Waals surface area contributed by atoms with Crippen LogP contribution in [-0.2, 0) is 11.8 Å². The number of pyridine rings is 2. The number of benzene rings is 1. The van der Waals surface area contributed by atoms with E-state index >= 15 is 0 Å². The number of hydrogen-bond acceptors (Lipinski definition) is 5. The van der Waals surface area contributed by atoms with Gasteiger partial charge in [0.1, 0.15) is 11.9 Å². The molecule has 3 aromatic heterocycles. The van der Waals surface area contributed by atoms with Gasteiger partial charge in [0.15, 0.2) is 0 Å². The number of nitrogens with one attached hydrogen (secondary N) is 1. The zero-order valence-electron chi connectivity index (χ0n) is 17.8. The molecule has 1 amide bonds. The number of carbonyl (C=O) groups excluding carboxylic acids is 1. The van der Waals surface area contributed by atoms with E-state index in [4.69, 9.17) is 0 Å². The highest BCUT2D eigenvalue weighted by Crippen LogP contribution is 2.28. The lowest BCUT2D eigenvalue weighted by Crippen LogP contribution is -2.39. The van der Waals surface area contributed by atoms with E-state index < -0.39 is 0 Å². The van der Waals surface area contributed by atoms with Crippen LogP contribution in [0.5, 0.6) is 0 Å². The fourth-order valence-corrected chi connectivity index (χ4v) is 4.16. The van der Waals surface area contributed by atoms with Crippen LogP contribution in [0.2, 0.25) is 0 Å². The molecule has 5 rings (SSSR count). The van der Waals surface area contributed by atoms with Crippen LogP contribution in [0.1, 0.15) is 12.8 Å². The van der Waals surface area contributed by atoms with Gasteiger partial charge in [-0.2, -0.15) is 5.10 Å². The molecule has 1 saturated heterocycles. The molecule has 0 spiro atoms. The van der Waals surface area contributed by atoms with E-state index in [9.17, 15) is 4.79 Å². The second-order valence-electron chi connectivity index (χ2n) is 7.88. The molecule has 4 aromatic rings. The molecule has 1 aliphatic rings. The van der Waals surface area contributed by atoms with Crippen molar-refractivity contribution < 1.29 is 4.79 Å². The van der Waals surface area contributed by atoms with Crippen LogP contribution in [0.25, 0.3) is 22.5 Å². The molecule has 0 radical (unpaired) electrons. The van der Waals surface area contributed by atoms with Crippen LogP contribution >= 0.6 is 0 Å². The quantitative estimate of drug-likeness (QED) is 0.521. The third kappa shape index (κ3) is 3.97. The summed E-state index contributed by atoms with van der Waals surface area (Å²) in [4.78, 5) is 24.2. The van der Waals surface area contributed by atoms with E-state index in [2.05, 4.69) is 25.3 Å². The van der Waals surface area contributed by atoms with E-state index in [1.807, 2.05) is 73.9 Å². The molecule has 1 N–H and O–H groups in total. The van der Waals surface area contributed by atoms with Gasteiger partial charge in [0.25, 0.3) is 0 Å². The normalized spacial score (nSPS) is 15.7. The Morgan fingerprint density at radius 1 is 0.969 bits per heavy atom. The summed E-state index contributed by atoms with van der Waals surface area (Å²) in [5.41, 5.74) is 4.88. The first-order valence-electron chi connectivity index (χ1n) is 10.7. The molecule has 1 atom stereocenters. The lowest BCUT2D eigenvalue weighted by molar-refractivity contribution is -0.117. The van der Waals surface area contributed by atoms with Gasteiger partial charge < -0.3 is 10.2 Å². The molecule has 7 nitrogen and oxygen atoms in total. The number of amides is 1. The van der Waals surface area contributed by atoms with E-state index in [0.717, 1.165) is 47.6 Å². The van der Waals surface area contributed by atoms with E-state index in [0.29, 0.717) is 5.82 Å². The lowest BCUT2D eigenvalue weighted by atomic mass is 10.1. The fourth-order valence-electron chi connectivity index (χ4n) is 4.16. The predicted octanol–water partition coefficient (Wildman–Crippen LogP) is 4.15. The van der Waals surface area contributed by atoms with E-state index in [-0.39, 0.29) is 11.9 Å². The Morgan fingerprint density at radius 3 is 2.53 bits per heavy atom. The third-order valence-corrected chi connectivity index (χ3v) is 5.84. The van der Waals surface area contributed by atoms with Crippen molar-refractivity contribution in [1.29, 1.82) is 0 Å². The third-order valence-electron chi connectivity index (χ3n) is 5.84. The van der Waals surface area contributed by atoms with Gasteiger partial charge >= 0.3 is 0 Å². The molecule has 160 valence electrons.